The molecule has 0 aliphatic carbocycles. The maximum Gasteiger partial charge on any atom is 0.240 e. The lowest BCUT2D eigenvalue weighted by atomic mass is 10.00. The molecule has 2 saturated heterocycles. The Balaban J connectivity index is 1.57. The van der Waals surface area contributed by atoms with Crippen molar-refractivity contribution in [3.63, 3.8) is 0 Å². The number of piperazine rings is 1. The highest BCUT2D eigenvalue weighted by Crippen LogP contribution is 2.21. The molecular weight excluding hydrogens is 324 g/mol. The molecule has 1 aromatic heterocycles. The van der Waals surface area contributed by atoms with Crippen LogP contribution in [0.15, 0.2) is 18.3 Å². The molecule has 3 rings (SSSR count). The number of likely N-dealkylation sites (tertiary alicyclic amines) is 1. The predicted molar refractivity (Wildman–Crippen MR) is 97.5 cm³/mol. The fraction of sp³-hybridized carbons (Fsp3) is 0.667. The van der Waals surface area contributed by atoms with Crippen molar-refractivity contribution in [3.05, 3.63) is 23.4 Å². The SMILES string of the molecule is CCCN1CCCCC1C(=O)N1CCN(c2ccc(Cl)cn2)CC1. The highest BCUT2D eigenvalue weighted by Gasteiger charge is 2.32. The monoisotopic (exact) mass is 350 g/mol. The molecule has 0 spiro atoms. The minimum absolute atomic E-state index is 0.0962. The number of nitrogens with zero attached hydrogens (tertiary/aromatic N) is 4. The summed E-state index contributed by atoms with van der Waals surface area (Å²) < 4.78 is 0. The molecule has 2 aliphatic heterocycles. The molecule has 2 fully saturated rings. The van der Waals surface area contributed by atoms with Crippen molar-refractivity contribution in [2.24, 2.45) is 0 Å². The molecule has 0 N–H and O–H groups in total. The molecule has 0 aromatic carbocycles. The summed E-state index contributed by atoms with van der Waals surface area (Å²) in [4.78, 5) is 24.0. The fourth-order valence-corrected chi connectivity index (χ4v) is 3.86. The Bertz CT molecular complexity index is 540. The number of rotatable bonds is 4. The Labute approximate surface area is 149 Å². The topological polar surface area (TPSA) is 39.7 Å². The highest BCUT2D eigenvalue weighted by molar-refractivity contribution is 6.30. The van der Waals surface area contributed by atoms with Gasteiger partial charge in [0.2, 0.25) is 5.91 Å². The van der Waals surface area contributed by atoms with E-state index in [1.165, 1.54) is 12.8 Å². The third-order valence-corrected chi connectivity index (χ3v) is 5.26. The molecule has 5 nitrogen and oxygen atoms in total. The maximum absolute atomic E-state index is 13.0. The predicted octanol–water partition coefficient (Wildman–Crippen LogP) is 2.65. The standard InChI is InChI=1S/C18H27ClN4O/c1-2-8-21-9-4-3-5-16(21)18(24)23-12-10-22(11-13-23)17-7-6-15(19)14-20-17/h6-7,14,16H,2-5,8-13H2,1H3. The zero-order chi connectivity index (χ0) is 16.9. The van der Waals surface area contributed by atoms with Crippen LogP contribution < -0.4 is 4.90 Å². The van der Waals surface area contributed by atoms with Gasteiger partial charge in [0.15, 0.2) is 0 Å². The van der Waals surface area contributed by atoms with Crippen molar-refractivity contribution in [3.8, 4) is 0 Å². The van der Waals surface area contributed by atoms with Crippen LogP contribution in [0.3, 0.4) is 0 Å². The second kappa shape index (κ2) is 8.17. The van der Waals surface area contributed by atoms with Gasteiger partial charge in [-0.25, -0.2) is 4.98 Å². The number of hydrogen-bond acceptors (Lipinski definition) is 4. The van der Waals surface area contributed by atoms with Crippen molar-refractivity contribution >= 4 is 23.3 Å². The van der Waals surface area contributed by atoms with Gasteiger partial charge >= 0.3 is 0 Å². The second-order valence-electron chi connectivity index (χ2n) is 6.69. The van der Waals surface area contributed by atoms with Crippen LogP contribution in [0.5, 0.6) is 0 Å². The number of piperidine rings is 1. The number of carbonyl (C=O) groups excluding carboxylic acids is 1. The Hall–Kier alpha value is -1.33. The molecular formula is C18H27ClN4O. The van der Waals surface area contributed by atoms with Crippen LogP contribution in [0.1, 0.15) is 32.6 Å². The number of anilines is 1. The Morgan fingerprint density at radius 3 is 2.67 bits per heavy atom. The molecule has 1 aromatic rings. The summed E-state index contributed by atoms with van der Waals surface area (Å²) in [6.07, 6.45) is 6.20. The normalized spacial score (nSPS) is 22.7. The molecule has 1 amide bonds. The van der Waals surface area contributed by atoms with Gasteiger partial charge in [-0.2, -0.15) is 0 Å². The van der Waals surface area contributed by atoms with E-state index in [0.29, 0.717) is 10.9 Å². The zero-order valence-electron chi connectivity index (χ0n) is 14.5. The lowest BCUT2D eigenvalue weighted by Gasteiger charge is -2.41. The van der Waals surface area contributed by atoms with E-state index in [0.717, 1.165) is 57.9 Å². The molecule has 0 radical (unpaired) electrons. The van der Waals surface area contributed by atoms with E-state index in [-0.39, 0.29) is 6.04 Å². The lowest BCUT2D eigenvalue weighted by Crippen LogP contribution is -2.56. The molecule has 2 aliphatic rings. The molecule has 1 atom stereocenters. The van der Waals surface area contributed by atoms with E-state index in [4.69, 9.17) is 11.6 Å². The number of aromatic nitrogens is 1. The summed E-state index contributed by atoms with van der Waals surface area (Å²) in [6, 6.07) is 3.91. The van der Waals surface area contributed by atoms with Crippen LogP contribution in [-0.2, 0) is 4.79 Å². The van der Waals surface area contributed by atoms with Crippen LogP contribution in [0.25, 0.3) is 0 Å². The van der Waals surface area contributed by atoms with Crippen molar-refractivity contribution in [1.29, 1.82) is 0 Å². The molecule has 132 valence electrons. The smallest absolute Gasteiger partial charge is 0.240 e. The minimum Gasteiger partial charge on any atom is -0.353 e. The van der Waals surface area contributed by atoms with Gasteiger partial charge in [-0.1, -0.05) is 24.9 Å². The summed E-state index contributed by atoms with van der Waals surface area (Å²) in [6.45, 7) is 7.51. The van der Waals surface area contributed by atoms with E-state index < -0.39 is 0 Å². The fourth-order valence-electron chi connectivity index (χ4n) is 3.75. The van der Waals surface area contributed by atoms with Crippen molar-refractivity contribution in [2.45, 2.75) is 38.6 Å². The largest absolute Gasteiger partial charge is 0.353 e. The van der Waals surface area contributed by atoms with Crippen LogP contribution >= 0.6 is 11.6 Å². The van der Waals surface area contributed by atoms with Gasteiger partial charge in [0, 0.05) is 32.4 Å². The summed E-state index contributed by atoms with van der Waals surface area (Å²) in [7, 11) is 0. The van der Waals surface area contributed by atoms with Crippen molar-refractivity contribution in [2.75, 3.05) is 44.2 Å². The van der Waals surface area contributed by atoms with Gasteiger partial charge in [0.1, 0.15) is 5.82 Å². The van der Waals surface area contributed by atoms with Gasteiger partial charge in [-0.15, -0.1) is 0 Å². The molecule has 24 heavy (non-hydrogen) atoms. The van der Waals surface area contributed by atoms with Gasteiger partial charge < -0.3 is 9.80 Å². The molecule has 0 saturated carbocycles. The molecule has 3 heterocycles. The van der Waals surface area contributed by atoms with Gasteiger partial charge in [-0.3, -0.25) is 9.69 Å². The summed E-state index contributed by atoms with van der Waals surface area (Å²) >= 11 is 5.90. The third kappa shape index (κ3) is 4.01. The Morgan fingerprint density at radius 2 is 2.00 bits per heavy atom. The Morgan fingerprint density at radius 1 is 1.21 bits per heavy atom. The van der Waals surface area contributed by atoms with Crippen LogP contribution in [0.4, 0.5) is 5.82 Å². The first-order chi connectivity index (χ1) is 11.7. The third-order valence-electron chi connectivity index (χ3n) is 5.04. The minimum atomic E-state index is 0.0962. The summed E-state index contributed by atoms with van der Waals surface area (Å²) in [5, 5.41) is 0.654. The summed E-state index contributed by atoms with van der Waals surface area (Å²) in [5.41, 5.74) is 0. The average Bonchev–Trinajstić information content (AvgIpc) is 2.63. The van der Waals surface area contributed by atoms with E-state index in [1.807, 2.05) is 17.0 Å². The highest BCUT2D eigenvalue weighted by atomic mass is 35.5. The number of carbonyl (C=O) groups is 1. The number of amides is 1. The second-order valence-corrected chi connectivity index (χ2v) is 7.13. The van der Waals surface area contributed by atoms with E-state index >= 15 is 0 Å². The molecule has 0 bridgehead atoms. The zero-order valence-corrected chi connectivity index (χ0v) is 15.2. The quantitative estimate of drug-likeness (QED) is 0.837. The summed E-state index contributed by atoms with van der Waals surface area (Å²) in [5.74, 6) is 1.27. The van der Waals surface area contributed by atoms with Gasteiger partial charge in [0.25, 0.3) is 0 Å². The average molecular weight is 351 g/mol. The maximum atomic E-state index is 13.0. The first kappa shape index (κ1) is 17.5. The van der Waals surface area contributed by atoms with Crippen LogP contribution in [0.2, 0.25) is 5.02 Å². The number of pyridine rings is 1. The van der Waals surface area contributed by atoms with E-state index in [9.17, 15) is 4.79 Å². The lowest BCUT2D eigenvalue weighted by molar-refractivity contribution is -0.138. The van der Waals surface area contributed by atoms with Gasteiger partial charge in [-0.05, 0) is 44.5 Å². The Kier molecular flexibility index (Phi) is 5.95. The van der Waals surface area contributed by atoms with Crippen molar-refractivity contribution in [1.82, 2.24) is 14.8 Å². The van der Waals surface area contributed by atoms with Gasteiger partial charge in [0.05, 0.1) is 11.1 Å². The van der Waals surface area contributed by atoms with E-state index in [2.05, 4.69) is 21.7 Å². The molecule has 6 heteroatoms. The molecule has 1 unspecified atom stereocenters. The number of halogens is 1. The number of hydrogen-bond donors (Lipinski definition) is 0. The van der Waals surface area contributed by atoms with Crippen LogP contribution in [-0.4, -0.2) is 66.0 Å². The first-order valence-electron chi connectivity index (χ1n) is 9.08. The van der Waals surface area contributed by atoms with Crippen LogP contribution in [0, 0.1) is 0 Å². The van der Waals surface area contributed by atoms with E-state index in [1.54, 1.807) is 6.20 Å². The van der Waals surface area contributed by atoms with Crippen molar-refractivity contribution < 1.29 is 4.79 Å². The first-order valence-corrected chi connectivity index (χ1v) is 9.46.